The number of para-hydroxylation sites is 1. The summed E-state index contributed by atoms with van der Waals surface area (Å²) in [4.78, 5) is 12.7. The van der Waals surface area contributed by atoms with E-state index in [9.17, 15) is 4.79 Å². The summed E-state index contributed by atoms with van der Waals surface area (Å²) in [7, 11) is 0. The number of amides is 2. The maximum absolute atomic E-state index is 12.7. The number of carbonyl (C=O) groups is 1. The van der Waals surface area contributed by atoms with Crippen molar-refractivity contribution in [3.05, 3.63) is 65.7 Å². The zero-order valence-corrected chi connectivity index (χ0v) is 14.7. The zero-order valence-electron chi connectivity index (χ0n) is 14.7. The second kappa shape index (κ2) is 6.31. The van der Waals surface area contributed by atoms with Gasteiger partial charge >= 0.3 is 6.03 Å². The Balaban J connectivity index is 1.77. The average Bonchev–Trinajstić information content (AvgIpc) is 2.51. The molecule has 1 fully saturated rings. The van der Waals surface area contributed by atoms with Crippen molar-refractivity contribution in [2.75, 3.05) is 5.32 Å². The Labute approximate surface area is 144 Å². The van der Waals surface area contributed by atoms with Gasteiger partial charge in [0, 0.05) is 5.69 Å². The smallest absolute Gasteiger partial charge is 0.319 e. The maximum Gasteiger partial charge on any atom is 0.319 e. The number of benzene rings is 2. The van der Waals surface area contributed by atoms with Gasteiger partial charge in [0.1, 0.15) is 0 Å². The molecule has 1 aliphatic carbocycles. The summed E-state index contributed by atoms with van der Waals surface area (Å²) in [6.45, 7) is 6.47. The molecule has 24 heavy (non-hydrogen) atoms. The van der Waals surface area contributed by atoms with Crippen LogP contribution in [0.2, 0.25) is 0 Å². The van der Waals surface area contributed by atoms with Gasteiger partial charge in [0.05, 0.1) is 5.54 Å². The van der Waals surface area contributed by atoms with Gasteiger partial charge in [-0.1, -0.05) is 69.3 Å². The van der Waals surface area contributed by atoms with Crippen LogP contribution in [0, 0.1) is 0 Å². The summed E-state index contributed by atoms with van der Waals surface area (Å²) in [6.07, 6.45) is 3.13. The summed E-state index contributed by atoms with van der Waals surface area (Å²) in [6, 6.07) is 18.2. The van der Waals surface area contributed by atoms with Gasteiger partial charge < -0.3 is 10.6 Å². The number of anilines is 1. The molecule has 1 aliphatic rings. The minimum Gasteiger partial charge on any atom is -0.328 e. The highest BCUT2D eigenvalue weighted by atomic mass is 16.2. The first-order chi connectivity index (χ1) is 11.4. The zero-order chi connectivity index (χ0) is 17.2. The minimum absolute atomic E-state index is 0.0164. The Bertz CT molecular complexity index is 712. The van der Waals surface area contributed by atoms with Crippen molar-refractivity contribution in [2.24, 2.45) is 0 Å². The van der Waals surface area contributed by atoms with E-state index >= 15 is 0 Å². The van der Waals surface area contributed by atoms with Crippen LogP contribution in [-0.4, -0.2) is 6.03 Å². The fourth-order valence-electron chi connectivity index (χ4n) is 3.39. The molecule has 0 aromatic heterocycles. The Kier molecular flexibility index (Phi) is 4.35. The lowest BCUT2D eigenvalue weighted by Gasteiger charge is -2.43. The Morgan fingerprint density at radius 2 is 1.58 bits per heavy atom. The molecule has 0 radical (unpaired) electrons. The molecule has 2 aromatic rings. The Hall–Kier alpha value is -2.29. The molecule has 0 aliphatic heterocycles. The molecule has 3 rings (SSSR count). The lowest BCUT2D eigenvalue weighted by atomic mass is 9.72. The van der Waals surface area contributed by atoms with Crippen LogP contribution in [0.5, 0.6) is 0 Å². The quantitative estimate of drug-likeness (QED) is 0.802. The van der Waals surface area contributed by atoms with Crippen LogP contribution in [0.1, 0.15) is 51.2 Å². The van der Waals surface area contributed by atoms with E-state index in [2.05, 4.69) is 49.6 Å². The summed E-state index contributed by atoms with van der Waals surface area (Å²) < 4.78 is 0. The van der Waals surface area contributed by atoms with Gasteiger partial charge in [0.15, 0.2) is 0 Å². The van der Waals surface area contributed by atoms with E-state index in [0.29, 0.717) is 0 Å². The van der Waals surface area contributed by atoms with Crippen molar-refractivity contribution in [1.29, 1.82) is 0 Å². The van der Waals surface area contributed by atoms with Crippen molar-refractivity contribution in [3.8, 4) is 0 Å². The van der Waals surface area contributed by atoms with Crippen molar-refractivity contribution in [1.82, 2.24) is 5.32 Å². The predicted octanol–water partition coefficient (Wildman–Crippen LogP) is 5.19. The number of hydrogen-bond donors (Lipinski definition) is 2. The van der Waals surface area contributed by atoms with Crippen LogP contribution < -0.4 is 10.6 Å². The third-order valence-electron chi connectivity index (χ3n) is 4.87. The van der Waals surface area contributed by atoms with Crippen LogP contribution in [0.25, 0.3) is 0 Å². The highest BCUT2D eigenvalue weighted by molar-refractivity contribution is 5.91. The topological polar surface area (TPSA) is 41.1 Å². The lowest BCUT2D eigenvalue weighted by molar-refractivity contribution is 0.185. The molecule has 2 amide bonds. The first-order valence-electron chi connectivity index (χ1n) is 8.65. The van der Waals surface area contributed by atoms with Gasteiger partial charge in [-0.3, -0.25) is 0 Å². The number of nitrogens with one attached hydrogen (secondary N) is 2. The molecule has 0 spiro atoms. The lowest BCUT2D eigenvalue weighted by Crippen LogP contribution is -2.52. The van der Waals surface area contributed by atoms with Gasteiger partial charge in [-0.25, -0.2) is 4.79 Å². The molecular weight excluding hydrogens is 296 g/mol. The molecule has 3 nitrogen and oxygen atoms in total. The molecule has 126 valence electrons. The minimum atomic E-state index is -0.220. The molecule has 2 aromatic carbocycles. The van der Waals surface area contributed by atoms with Gasteiger partial charge in [-0.15, -0.1) is 0 Å². The first-order valence-corrected chi connectivity index (χ1v) is 8.65. The monoisotopic (exact) mass is 322 g/mol. The van der Waals surface area contributed by atoms with E-state index in [4.69, 9.17) is 0 Å². The van der Waals surface area contributed by atoms with E-state index in [0.717, 1.165) is 30.5 Å². The number of urea groups is 1. The van der Waals surface area contributed by atoms with E-state index in [1.165, 1.54) is 5.56 Å². The Morgan fingerprint density at radius 3 is 2.17 bits per heavy atom. The molecule has 0 saturated heterocycles. The third-order valence-corrected chi connectivity index (χ3v) is 4.87. The molecular formula is C21H26N2O. The highest BCUT2D eigenvalue weighted by Crippen LogP contribution is 2.41. The summed E-state index contributed by atoms with van der Waals surface area (Å²) in [5.74, 6) is 0. The predicted molar refractivity (Wildman–Crippen MR) is 99.3 cm³/mol. The second-order valence-corrected chi connectivity index (χ2v) is 7.68. The third kappa shape index (κ3) is 3.30. The maximum atomic E-state index is 12.7. The first kappa shape index (κ1) is 16.6. The summed E-state index contributed by atoms with van der Waals surface area (Å²) in [5.41, 5.74) is 2.97. The van der Waals surface area contributed by atoms with E-state index < -0.39 is 0 Å². The van der Waals surface area contributed by atoms with Gasteiger partial charge in [-0.05, 0) is 41.9 Å². The number of rotatable bonds is 3. The highest BCUT2D eigenvalue weighted by Gasteiger charge is 2.40. The molecule has 0 bridgehead atoms. The Morgan fingerprint density at radius 1 is 0.958 bits per heavy atom. The van der Waals surface area contributed by atoms with E-state index in [1.54, 1.807) is 0 Å². The number of hydrogen-bond acceptors (Lipinski definition) is 1. The molecule has 3 heteroatoms. The van der Waals surface area contributed by atoms with E-state index in [-0.39, 0.29) is 17.0 Å². The van der Waals surface area contributed by atoms with Crippen LogP contribution in [0.3, 0.4) is 0 Å². The van der Waals surface area contributed by atoms with Crippen molar-refractivity contribution in [3.63, 3.8) is 0 Å². The molecule has 0 heterocycles. The fourth-order valence-corrected chi connectivity index (χ4v) is 3.39. The average molecular weight is 322 g/mol. The summed E-state index contributed by atoms with van der Waals surface area (Å²) >= 11 is 0. The van der Waals surface area contributed by atoms with Crippen molar-refractivity contribution < 1.29 is 4.79 Å². The largest absolute Gasteiger partial charge is 0.328 e. The molecule has 2 N–H and O–H groups in total. The van der Waals surface area contributed by atoms with Crippen molar-refractivity contribution in [2.45, 2.75) is 51.0 Å². The van der Waals surface area contributed by atoms with Gasteiger partial charge in [0.25, 0.3) is 0 Å². The van der Waals surface area contributed by atoms with Crippen LogP contribution >= 0.6 is 0 Å². The fraction of sp³-hybridized carbons (Fsp3) is 0.381. The molecule has 0 unspecified atom stereocenters. The normalized spacial score (nSPS) is 16.1. The van der Waals surface area contributed by atoms with Crippen molar-refractivity contribution >= 4 is 11.7 Å². The summed E-state index contributed by atoms with van der Waals surface area (Å²) in [5, 5.41) is 6.28. The van der Waals surface area contributed by atoms with Gasteiger partial charge in [0.2, 0.25) is 0 Å². The SMILES string of the molecule is CC(C)(C)c1ccccc1NC(=O)NC1(c2ccccc2)CCC1. The second-order valence-electron chi connectivity index (χ2n) is 7.68. The van der Waals surface area contributed by atoms with Crippen LogP contribution in [0.4, 0.5) is 10.5 Å². The van der Waals surface area contributed by atoms with Crippen LogP contribution in [0.15, 0.2) is 54.6 Å². The van der Waals surface area contributed by atoms with Crippen LogP contribution in [-0.2, 0) is 11.0 Å². The van der Waals surface area contributed by atoms with Gasteiger partial charge in [-0.2, -0.15) is 0 Å². The molecule has 1 saturated carbocycles. The molecule has 0 atom stereocenters. The van der Waals surface area contributed by atoms with E-state index in [1.807, 2.05) is 36.4 Å². The number of carbonyl (C=O) groups excluding carboxylic acids is 1. The standard InChI is InChI=1S/C21H26N2O/c1-20(2,3)17-12-7-8-13-18(17)22-19(24)23-21(14-9-15-21)16-10-5-4-6-11-16/h4-8,10-13H,9,14-15H2,1-3H3,(H2,22,23,24).